The first kappa shape index (κ1) is 24.6. The van der Waals surface area contributed by atoms with Crippen molar-refractivity contribution in [3.8, 4) is 5.75 Å². The monoisotopic (exact) mass is 535 g/mol. The van der Waals surface area contributed by atoms with E-state index in [9.17, 15) is 33.1 Å². The fourth-order valence-electron chi connectivity index (χ4n) is 3.09. The van der Waals surface area contributed by atoms with Crippen molar-refractivity contribution < 1.29 is 51.6 Å². The number of rotatable bonds is 4. The number of hydrogen-bond acceptors (Lipinski definition) is 10. The molecule has 0 aliphatic carbocycles. The number of carbonyl (C=O) groups excluding carboxylic acids is 2. The lowest BCUT2D eigenvalue weighted by Crippen LogP contribution is -2.34. The Morgan fingerprint density at radius 1 is 1.47 bits per heavy atom. The molecule has 2 amide bonds. The van der Waals surface area contributed by atoms with Crippen LogP contribution in [-0.4, -0.2) is 50.3 Å². The molecular formula is C18H15ClFN2O10P2+. The minimum Gasteiger partial charge on any atom is -0.447 e. The molecule has 4 rings (SSSR count). The van der Waals surface area contributed by atoms with E-state index in [4.69, 9.17) is 25.4 Å². The van der Waals surface area contributed by atoms with Gasteiger partial charge in [-0.15, -0.1) is 4.52 Å². The average Bonchev–Trinajstić information content (AvgIpc) is 3.21. The van der Waals surface area contributed by atoms with Crippen molar-refractivity contribution in [2.75, 3.05) is 13.2 Å². The fraction of sp³-hybridized carbons (Fsp3) is 0.278. The maximum Gasteiger partial charge on any atom is 0.560 e. The van der Waals surface area contributed by atoms with Crippen LogP contribution in [0, 0.1) is 5.82 Å². The average molecular weight is 536 g/mol. The molecule has 0 bridgehead atoms. The Morgan fingerprint density at radius 3 is 2.82 bits per heavy atom. The van der Waals surface area contributed by atoms with Crippen LogP contribution in [0.15, 0.2) is 36.7 Å². The molecule has 2 aliphatic heterocycles. The second-order valence-corrected chi connectivity index (χ2v) is 11.3. The van der Waals surface area contributed by atoms with E-state index in [2.05, 4.69) is 9.72 Å². The molecule has 1 aromatic heterocycles. The molecule has 2 saturated heterocycles. The quantitative estimate of drug-likeness (QED) is 0.549. The van der Waals surface area contributed by atoms with E-state index in [1.54, 1.807) is 0 Å². The molecule has 0 radical (unpaired) electrons. The zero-order valence-electron chi connectivity index (χ0n) is 16.9. The van der Waals surface area contributed by atoms with Crippen molar-refractivity contribution in [1.29, 1.82) is 0 Å². The lowest BCUT2D eigenvalue weighted by molar-refractivity contribution is -0.0390. The van der Waals surface area contributed by atoms with Gasteiger partial charge in [0.2, 0.25) is 6.29 Å². The number of pyridine rings is 1. The summed E-state index contributed by atoms with van der Waals surface area (Å²) in [6.45, 7) is -0.147. The van der Waals surface area contributed by atoms with Crippen LogP contribution in [0.25, 0.3) is 0 Å². The highest BCUT2D eigenvalue weighted by molar-refractivity contribution is 7.68. The minimum absolute atomic E-state index is 0.0496. The third kappa shape index (κ3) is 4.56. The first-order chi connectivity index (χ1) is 16.0. The van der Waals surface area contributed by atoms with Gasteiger partial charge in [0.1, 0.15) is 6.61 Å². The van der Waals surface area contributed by atoms with Gasteiger partial charge in [-0.1, -0.05) is 17.7 Å². The van der Waals surface area contributed by atoms with Crippen LogP contribution in [-0.2, 0) is 29.3 Å². The Labute approximate surface area is 196 Å². The van der Waals surface area contributed by atoms with Gasteiger partial charge in [-0.05, 0) is 28.3 Å². The van der Waals surface area contributed by atoms with Crippen LogP contribution in [0.5, 0.6) is 5.75 Å². The number of benzene rings is 1. The van der Waals surface area contributed by atoms with Crippen LogP contribution >= 0.6 is 27.2 Å². The van der Waals surface area contributed by atoms with Gasteiger partial charge in [0.25, 0.3) is 0 Å². The maximum atomic E-state index is 14.7. The highest BCUT2D eigenvalue weighted by Gasteiger charge is 2.70. The summed E-state index contributed by atoms with van der Waals surface area (Å²) in [6, 6.07) is 4.68. The van der Waals surface area contributed by atoms with Crippen LogP contribution in [0.2, 0.25) is 5.02 Å². The Morgan fingerprint density at radius 2 is 2.24 bits per heavy atom. The SMILES string of the molecule is O=C1OCCN1C(=O)Oc1c(F)cc(C2O[P+](=O)C(O)(Cc3cccnc3)P(=O)(O)O2)cc1Cl. The summed E-state index contributed by atoms with van der Waals surface area (Å²) in [7, 11) is -8.26. The van der Waals surface area contributed by atoms with Gasteiger partial charge in [0, 0.05) is 18.0 Å². The van der Waals surface area contributed by atoms with E-state index in [-0.39, 0.29) is 24.3 Å². The smallest absolute Gasteiger partial charge is 0.447 e. The van der Waals surface area contributed by atoms with Crippen molar-refractivity contribution in [1.82, 2.24) is 9.88 Å². The van der Waals surface area contributed by atoms with E-state index >= 15 is 0 Å². The largest absolute Gasteiger partial charge is 0.560 e. The number of cyclic esters (lactones) is 1. The summed E-state index contributed by atoms with van der Waals surface area (Å²) in [5.74, 6) is -1.95. The minimum atomic E-state index is -5.03. The Bertz CT molecular complexity index is 1200. The van der Waals surface area contributed by atoms with Crippen LogP contribution in [0.3, 0.4) is 0 Å². The molecule has 2 aromatic rings. The molecule has 34 heavy (non-hydrogen) atoms. The molecule has 16 heteroatoms. The summed E-state index contributed by atoms with van der Waals surface area (Å²) in [4.78, 5) is 38.3. The first-order valence-electron chi connectivity index (χ1n) is 9.43. The van der Waals surface area contributed by atoms with Gasteiger partial charge in [-0.2, -0.15) is 0 Å². The Balaban J connectivity index is 1.55. The number of amides is 2. The Hall–Kier alpha value is -2.50. The van der Waals surface area contributed by atoms with E-state index < -0.39 is 62.2 Å². The van der Waals surface area contributed by atoms with Crippen molar-refractivity contribution in [3.05, 3.63) is 58.6 Å². The summed E-state index contributed by atoms with van der Waals surface area (Å²) in [5.41, 5.74) is -0.000601. The van der Waals surface area contributed by atoms with Crippen LogP contribution in [0.4, 0.5) is 14.0 Å². The second kappa shape index (κ2) is 9.27. The highest BCUT2D eigenvalue weighted by Crippen LogP contribution is 2.72. The topological polar surface area (TPSA) is 162 Å². The molecule has 2 fully saturated rings. The zero-order valence-corrected chi connectivity index (χ0v) is 19.4. The molecular weight excluding hydrogens is 521 g/mol. The molecule has 12 nitrogen and oxygen atoms in total. The molecule has 4 atom stereocenters. The number of imide groups is 1. The lowest BCUT2D eigenvalue weighted by Gasteiger charge is -2.29. The summed E-state index contributed by atoms with van der Waals surface area (Å²) < 4.78 is 59.6. The molecule has 2 aliphatic rings. The molecule has 4 unspecified atom stereocenters. The first-order valence-corrected chi connectivity index (χ1v) is 12.6. The Kier molecular flexibility index (Phi) is 6.71. The van der Waals surface area contributed by atoms with Crippen LogP contribution in [0.1, 0.15) is 17.4 Å². The number of hydrogen-bond donors (Lipinski definition) is 2. The summed E-state index contributed by atoms with van der Waals surface area (Å²) >= 11 is 5.99. The molecule has 0 saturated carbocycles. The van der Waals surface area contributed by atoms with E-state index in [1.807, 2.05) is 0 Å². The zero-order chi connectivity index (χ0) is 24.7. The van der Waals surface area contributed by atoms with E-state index in [1.165, 1.54) is 24.5 Å². The van der Waals surface area contributed by atoms with Gasteiger partial charge in [-0.3, -0.25) is 14.1 Å². The summed E-state index contributed by atoms with van der Waals surface area (Å²) in [6.07, 6.45) is -1.89. The predicted molar refractivity (Wildman–Crippen MR) is 111 cm³/mol. The van der Waals surface area contributed by atoms with E-state index in [0.717, 1.165) is 6.07 Å². The number of halogens is 2. The maximum absolute atomic E-state index is 14.7. The highest BCUT2D eigenvalue weighted by atomic mass is 35.5. The summed E-state index contributed by atoms with van der Waals surface area (Å²) in [5, 5.41) is 7.42. The third-order valence-corrected chi connectivity index (χ3v) is 9.00. The number of aliphatic hydroxyl groups is 1. The van der Waals surface area contributed by atoms with Gasteiger partial charge in [-0.25, -0.2) is 18.9 Å². The van der Waals surface area contributed by atoms with Gasteiger partial charge < -0.3 is 19.5 Å². The van der Waals surface area contributed by atoms with Gasteiger partial charge in [0.15, 0.2) is 11.6 Å². The molecule has 1 aromatic carbocycles. The second-order valence-electron chi connectivity index (χ2n) is 7.08. The molecule has 0 spiro atoms. The van der Waals surface area contributed by atoms with Crippen molar-refractivity contribution >= 4 is 39.4 Å². The predicted octanol–water partition coefficient (Wildman–Crippen LogP) is 3.69. The van der Waals surface area contributed by atoms with Crippen molar-refractivity contribution in [2.24, 2.45) is 0 Å². The normalized spacial score (nSPS) is 28.0. The fourth-order valence-corrected chi connectivity index (χ4v) is 6.31. The molecule has 3 heterocycles. The number of ether oxygens (including phenoxy) is 2. The third-order valence-electron chi connectivity index (χ3n) is 4.80. The van der Waals surface area contributed by atoms with Gasteiger partial charge >= 0.3 is 32.9 Å². The number of nitrogens with zero attached hydrogens (tertiary/aromatic N) is 2. The lowest BCUT2D eigenvalue weighted by atomic mass is 10.2. The van der Waals surface area contributed by atoms with E-state index in [0.29, 0.717) is 11.0 Å². The molecule has 180 valence electrons. The van der Waals surface area contributed by atoms with Crippen LogP contribution < -0.4 is 4.74 Å². The van der Waals surface area contributed by atoms with Crippen molar-refractivity contribution in [2.45, 2.75) is 17.8 Å². The molecule has 2 N–H and O–H groups in total. The number of carbonyl (C=O) groups is 2. The van der Waals surface area contributed by atoms with Crippen molar-refractivity contribution in [3.63, 3.8) is 0 Å². The standard InChI is InChI=1S/C18H14ClFN2O10P2/c19-12-6-11(7-13(20)14(12)30-17(24)22-4-5-29-16(22)23)15-31-33(26)18(25,34(27,28)32-15)8-10-2-1-3-21-9-10/h1-3,6-7,9,15,25H,4-5,8H2/p+1. The number of aromatic nitrogens is 1. The van der Waals surface area contributed by atoms with Gasteiger partial charge in [0.05, 0.1) is 18.0 Å².